The summed E-state index contributed by atoms with van der Waals surface area (Å²) in [5.41, 5.74) is 2.07. The molecule has 0 saturated carbocycles. The number of piperazine rings is 1. The SMILES string of the molecule is O=C(OCc1ccccc1)N1CCN(CC(CO)OCc2ccccc2)CC1. The lowest BCUT2D eigenvalue weighted by Gasteiger charge is -2.35. The van der Waals surface area contributed by atoms with Crippen LogP contribution in [-0.2, 0) is 22.7 Å². The van der Waals surface area contributed by atoms with Gasteiger partial charge in [0.1, 0.15) is 6.61 Å². The highest BCUT2D eigenvalue weighted by Gasteiger charge is 2.24. The van der Waals surface area contributed by atoms with Crippen LogP contribution < -0.4 is 0 Å². The number of aliphatic hydroxyl groups excluding tert-OH is 1. The molecule has 2 aromatic rings. The molecule has 1 heterocycles. The Morgan fingerprint density at radius 3 is 2.04 bits per heavy atom. The van der Waals surface area contributed by atoms with Crippen LogP contribution in [0.1, 0.15) is 11.1 Å². The lowest BCUT2D eigenvalue weighted by Crippen LogP contribution is -2.51. The zero-order valence-electron chi connectivity index (χ0n) is 16.1. The van der Waals surface area contributed by atoms with Gasteiger partial charge in [0.25, 0.3) is 0 Å². The van der Waals surface area contributed by atoms with Crippen molar-refractivity contribution in [2.45, 2.75) is 19.3 Å². The minimum Gasteiger partial charge on any atom is -0.445 e. The summed E-state index contributed by atoms with van der Waals surface area (Å²) in [6, 6.07) is 19.6. The van der Waals surface area contributed by atoms with Crippen LogP contribution in [0.15, 0.2) is 60.7 Å². The average molecular weight is 384 g/mol. The maximum absolute atomic E-state index is 12.2. The van der Waals surface area contributed by atoms with Crippen LogP contribution in [0.3, 0.4) is 0 Å². The molecular formula is C22H28N2O4. The molecule has 0 spiro atoms. The maximum atomic E-state index is 12.2. The predicted octanol–water partition coefficient (Wildman–Crippen LogP) is 2.52. The standard InChI is InChI=1S/C22H28N2O4/c25-16-21(27-17-19-7-3-1-4-8-19)15-23-11-13-24(14-12-23)22(26)28-18-20-9-5-2-6-10-20/h1-10,21,25H,11-18H2. The van der Waals surface area contributed by atoms with Gasteiger partial charge in [-0.25, -0.2) is 4.79 Å². The summed E-state index contributed by atoms with van der Waals surface area (Å²) in [5.74, 6) is 0. The molecule has 0 aliphatic carbocycles. The first-order chi connectivity index (χ1) is 13.7. The molecule has 0 aromatic heterocycles. The molecule has 3 rings (SSSR count). The minimum atomic E-state index is -0.275. The monoisotopic (exact) mass is 384 g/mol. The normalized spacial score (nSPS) is 16.0. The summed E-state index contributed by atoms with van der Waals surface area (Å²) in [6.45, 7) is 4.12. The number of benzene rings is 2. The van der Waals surface area contributed by atoms with Gasteiger partial charge >= 0.3 is 6.09 Å². The molecular weight excluding hydrogens is 356 g/mol. The van der Waals surface area contributed by atoms with E-state index < -0.39 is 0 Å². The average Bonchev–Trinajstić information content (AvgIpc) is 2.77. The highest BCUT2D eigenvalue weighted by Crippen LogP contribution is 2.09. The molecule has 150 valence electrons. The van der Waals surface area contributed by atoms with Gasteiger partial charge in [0, 0.05) is 32.7 Å². The summed E-state index contributed by atoms with van der Waals surface area (Å²) >= 11 is 0. The van der Waals surface area contributed by atoms with E-state index in [2.05, 4.69) is 4.90 Å². The van der Waals surface area contributed by atoms with E-state index in [9.17, 15) is 9.90 Å². The van der Waals surface area contributed by atoms with Gasteiger partial charge in [0.2, 0.25) is 0 Å². The molecule has 6 nitrogen and oxygen atoms in total. The van der Waals surface area contributed by atoms with E-state index in [4.69, 9.17) is 9.47 Å². The second-order valence-electron chi connectivity index (χ2n) is 6.93. The Morgan fingerprint density at radius 2 is 1.46 bits per heavy atom. The maximum Gasteiger partial charge on any atom is 0.410 e. The van der Waals surface area contributed by atoms with Crippen LogP contribution >= 0.6 is 0 Å². The van der Waals surface area contributed by atoms with Crippen LogP contribution in [0, 0.1) is 0 Å². The van der Waals surface area contributed by atoms with Crippen LogP contribution in [0.2, 0.25) is 0 Å². The smallest absolute Gasteiger partial charge is 0.410 e. The molecule has 1 fully saturated rings. The third-order valence-corrected chi connectivity index (χ3v) is 4.83. The Morgan fingerprint density at radius 1 is 0.893 bits per heavy atom. The largest absolute Gasteiger partial charge is 0.445 e. The number of hydrogen-bond donors (Lipinski definition) is 1. The Bertz CT molecular complexity index is 703. The zero-order chi connectivity index (χ0) is 19.6. The zero-order valence-corrected chi connectivity index (χ0v) is 16.1. The molecule has 2 aromatic carbocycles. The lowest BCUT2D eigenvalue weighted by molar-refractivity contribution is -0.0247. The fourth-order valence-electron chi connectivity index (χ4n) is 3.16. The molecule has 1 atom stereocenters. The summed E-state index contributed by atoms with van der Waals surface area (Å²) in [5, 5.41) is 9.62. The number of nitrogens with zero attached hydrogens (tertiary/aromatic N) is 2. The van der Waals surface area contributed by atoms with Gasteiger partial charge in [-0.15, -0.1) is 0 Å². The molecule has 1 N–H and O–H groups in total. The van der Waals surface area contributed by atoms with Crippen molar-refractivity contribution in [3.63, 3.8) is 0 Å². The quantitative estimate of drug-likeness (QED) is 0.758. The number of carbonyl (C=O) groups is 1. The lowest BCUT2D eigenvalue weighted by atomic mass is 10.2. The Labute approximate surface area is 166 Å². The van der Waals surface area contributed by atoms with Crippen LogP contribution in [-0.4, -0.2) is 66.4 Å². The van der Waals surface area contributed by atoms with Crippen molar-refractivity contribution in [1.82, 2.24) is 9.80 Å². The van der Waals surface area contributed by atoms with Crippen LogP contribution in [0.25, 0.3) is 0 Å². The molecule has 1 aliphatic heterocycles. The van der Waals surface area contributed by atoms with Crippen molar-refractivity contribution >= 4 is 6.09 Å². The summed E-state index contributed by atoms with van der Waals surface area (Å²) < 4.78 is 11.2. The van der Waals surface area contributed by atoms with Crippen molar-refractivity contribution < 1.29 is 19.4 Å². The van der Waals surface area contributed by atoms with Crippen molar-refractivity contribution in [3.05, 3.63) is 71.8 Å². The second kappa shape index (κ2) is 10.8. The third kappa shape index (κ3) is 6.34. The molecule has 28 heavy (non-hydrogen) atoms. The molecule has 6 heteroatoms. The topological polar surface area (TPSA) is 62.2 Å². The van der Waals surface area contributed by atoms with Crippen LogP contribution in [0.5, 0.6) is 0 Å². The number of ether oxygens (including phenoxy) is 2. The number of amides is 1. The van der Waals surface area contributed by atoms with Gasteiger partial charge in [0.15, 0.2) is 0 Å². The van der Waals surface area contributed by atoms with E-state index in [1.807, 2.05) is 60.7 Å². The van der Waals surface area contributed by atoms with E-state index >= 15 is 0 Å². The van der Waals surface area contributed by atoms with Crippen molar-refractivity contribution in [2.75, 3.05) is 39.3 Å². The van der Waals surface area contributed by atoms with E-state index in [-0.39, 0.29) is 18.8 Å². The highest BCUT2D eigenvalue weighted by molar-refractivity contribution is 5.67. The van der Waals surface area contributed by atoms with Crippen LogP contribution in [0.4, 0.5) is 4.79 Å². The first kappa shape index (κ1) is 20.3. The number of carbonyl (C=O) groups excluding carboxylic acids is 1. The Balaban J connectivity index is 1.37. The highest BCUT2D eigenvalue weighted by atomic mass is 16.6. The van der Waals surface area contributed by atoms with Gasteiger partial charge in [-0.1, -0.05) is 60.7 Å². The number of rotatable bonds is 8. The third-order valence-electron chi connectivity index (χ3n) is 4.83. The molecule has 1 unspecified atom stereocenters. The first-order valence-corrected chi connectivity index (χ1v) is 9.69. The predicted molar refractivity (Wildman–Crippen MR) is 107 cm³/mol. The van der Waals surface area contributed by atoms with Gasteiger partial charge in [-0.2, -0.15) is 0 Å². The summed E-state index contributed by atoms with van der Waals surface area (Å²) in [6.07, 6.45) is -0.515. The van der Waals surface area contributed by atoms with E-state index in [1.54, 1.807) is 4.90 Å². The molecule has 0 radical (unpaired) electrons. The van der Waals surface area contributed by atoms with Gasteiger partial charge < -0.3 is 19.5 Å². The van der Waals surface area contributed by atoms with Crippen molar-refractivity contribution in [3.8, 4) is 0 Å². The second-order valence-corrected chi connectivity index (χ2v) is 6.93. The first-order valence-electron chi connectivity index (χ1n) is 9.69. The molecule has 0 bridgehead atoms. The van der Waals surface area contributed by atoms with Crippen molar-refractivity contribution in [1.29, 1.82) is 0 Å². The molecule has 1 saturated heterocycles. The Hall–Kier alpha value is -2.41. The molecule has 1 amide bonds. The van der Waals surface area contributed by atoms with Gasteiger partial charge in [-0.05, 0) is 11.1 Å². The molecule has 1 aliphatic rings. The van der Waals surface area contributed by atoms with E-state index in [1.165, 1.54) is 0 Å². The number of hydrogen-bond acceptors (Lipinski definition) is 5. The van der Waals surface area contributed by atoms with Crippen molar-refractivity contribution in [2.24, 2.45) is 0 Å². The summed E-state index contributed by atoms with van der Waals surface area (Å²) in [7, 11) is 0. The van der Waals surface area contributed by atoms with Gasteiger partial charge in [-0.3, -0.25) is 4.90 Å². The minimum absolute atomic E-state index is 0.0217. The fourth-order valence-corrected chi connectivity index (χ4v) is 3.16. The van der Waals surface area contributed by atoms with E-state index in [0.717, 1.165) is 24.2 Å². The number of aliphatic hydroxyl groups is 1. The summed E-state index contributed by atoms with van der Waals surface area (Å²) in [4.78, 5) is 16.2. The fraction of sp³-hybridized carbons (Fsp3) is 0.409. The van der Waals surface area contributed by atoms with Gasteiger partial charge in [0.05, 0.1) is 19.3 Å². The Kier molecular flexibility index (Phi) is 7.84. The van der Waals surface area contributed by atoms with E-state index in [0.29, 0.717) is 32.8 Å².